The third-order valence-electron chi connectivity index (χ3n) is 7.10. The Balaban J connectivity index is 1.94. The molecule has 2 atom stereocenters. The molecular formula is C29H40N2O4S. The molecule has 0 aromatic heterocycles. The summed E-state index contributed by atoms with van der Waals surface area (Å²) in [6, 6.07) is 14.9. The largest absolute Gasteiger partial charge is 0.496 e. The Bertz CT molecular complexity index is 1060. The predicted octanol–water partition coefficient (Wildman–Crippen LogP) is 5.73. The van der Waals surface area contributed by atoms with Gasteiger partial charge in [-0.05, 0) is 61.9 Å². The van der Waals surface area contributed by atoms with Gasteiger partial charge in [0.1, 0.15) is 11.3 Å². The Labute approximate surface area is 219 Å². The normalized spacial score (nSPS) is 19.8. The van der Waals surface area contributed by atoms with Gasteiger partial charge in [0.25, 0.3) is 0 Å². The van der Waals surface area contributed by atoms with Crippen LogP contribution in [-0.4, -0.2) is 40.9 Å². The van der Waals surface area contributed by atoms with Gasteiger partial charge in [0.2, 0.25) is 5.91 Å². The molecule has 1 aliphatic heterocycles. The molecule has 196 valence electrons. The van der Waals surface area contributed by atoms with Crippen LogP contribution in [0.5, 0.6) is 5.75 Å². The molecule has 2 aromatic rings. The Kier molecular flexibility index (Phi) is 9.47. The number of hydrogen-bond donors (Lipinski definition) is 3. The number of hydrogen-bond acceptors (Lipinski definition) is 5. The molecule has 1 amide bonds. The van der Waals surface area contributed by atoms with Crippen LogP contribution in [0, 0.1) is 0 Å². The highest BCUT2D eigenvalue weighted by molar-refractivity contribution is 7.99. The molecule has 0 saturated heterocycles. The first-order valence-corrected chi connectivity index (χ1v) is 13.8. The molecule has 1 heterocycles. The molecule has 3 N–H and O–H groups in total. The average Bonchev–Trinajstić information content (AvgIpc) is 3.03. The second kappa shape index (κ2) is 12.2. The highest BCUT2D eigenvalue weighted by atomic mass is 32.2. The van der Waals surface area contributed by atoms with Gasteiger partial charge in [-0.3, -0.25) is 10.1 Å². The fourth-order valence-electron chi connectivity index (χ4n) is 4.66. The number of thioether (sulfide) groups is 1. The summed E-state index contributed by atoms with van der Waals surface area (Å²) in [5.41, 5.74) is 2.09. The fraction of sp³-hybridized carbons (Fsp3) is 0.517. The molecular weight excluding hydrogens is 472 g/mol. The van der Waals surface area contributed by atoms with Crippen LogP contribution in [0.1, 0.15) is 82.5 Å². The lowest BCUT2D eigenvalue weighted by Crippen LogP contribution is -2.49. The zero-order valence-corrected chi connectivity index (χ0v) is 23.0. The summed E-state index contributed by atoms with van der Waals surface area (Å²) in [4.78, 5) is 25.1. The molecule has 6 nitrogen and oxygen atoms in total. The second-order valence-corrected chi connectivity index (χ2v) is 11.2. The lowest BCUT2D eigenvalue weighted by Gasteiger charge is -2.36. The highest BCUT2D eigenvalue weighted by Crippen LogP contribution is 2.43. The SMILES string of the molecule is CCCC[C@]1(CC)CSc2cc(CCC(=O)NC(C)(C)C(=O)O)c(OC)cc2[C@@H](c2ccccc2)N1. The number of ether oxygens (including phenoxy) is 1. The Morgan fingerprint density at radius 2 is 1.94 bits per heavy atom. The number of carboxylic acid groups (broad SMARTS) is 1. The van der Waals surface area contributed by atoms with E-state index >= 15 is 0 Å². The molecule has 0 radical (unpaired) electrons. The van der Waals surface area contributed by atoms with Gasteiger partial charge >= 0.3 is 5.97 Å². The minimum absolute atomic E-state index is 0.0237. The quantitative estimate of drug-likeness (QED) is 0.356. The van der Waals surface area contributed by atoms with E-state index in [-0.39, 0.29) is 23.9 Å². The number of methoxy groups -OCH3 is 1. The fourth-order valence-corrected chi connectivity index (χ4v) is 6.09. The zero-order chi connectivity index (χ0) is 26.3. The second-order valence-electron chi connectivity index (χ2n) is 10.2. The number of amides is 1. The Morgan fingerprint density at radius 3 is 2.56 bits per heavy atom. The Morgan fingerprint density at radius 1 is 1.22 bits per heavy atom. The number of aliphatic carboxylic acids is 1. The van der Waals surface area contributed by atoms with Crippen molar-refractivity contribution in [2.75, 3.05) is 12.9 Å². The number of carboxylic acids is 1. The van der Waals surface area contributed by atoms with E-state index in [1.807, 2.05) is 17.8 Å². The van der Waals surface area contributed by atoms with Crippen LogP contribution in [0.15, 0.2) is 47.4 Å². The maximum Gasteiger partial charge on any atom is 0.328 e. The molecule has 36 heavy (non-hydrogen) atoms. The van der Waals surface area contributed by atoms with Gasteiger partial charge in [-0.25, -0.2) is 4.79 Å². The van der Waals surface area contributed by atoms with Crippen molar-refractivity contribution in [1.82, 2.24) is 10.6 Å². The first kappa shape index (κ1) is 28.1. The number of carbonyl (C=O) groups is 2. The molecule has 3 rings (SSSR count). The van der Waals surface area contributed by atoms with Crippen LogP contribution in [0.2, 0.25) is 0 Å². The van der Waals surface area contributed by atoms with Crippen LogP contribution >= 0.6 is 11.8 Å². The molecule has 0 unspecified atom stereocenters. The van der Waals surface area contributed by atoms with Gasteiger partial charge in [-0.2, -0.15) is 0 Å². The predicted molar refractivity (Wildman–Crippen MR) is 146 cm³/mol. The number of unbranched alkanes of at least 4 members (excludes halogenated alkanes) is 1. The van der Waals surface area contributed by atoms with Gasteiger partial charge in [0.15, 0.2) is 0 Å². The molecule has 2 aromatic carbocycles. The maximum absolute atomic E-state index is 12.5. The zero-order valence-electron chi connectivity index (χ0n) is 22.1. The summed E-state index contributed by atoms with van der Waals surface area (Å²) in [6.07, 6.45) is 5.16. The van der Waals surface area contributed by atoms with Crippen LogP contribution < -0.4 is 15.4 Å². The average molecular weight is 513 g/mol. The van der Waals surface area contributed by atoms with E-state index in [0.717, 1.165) is 36.3 Å². The summed E-state index contributed by atoms with van der Waals surface area (Å²) in [6.45, 7) is 7.48. The van der Waals surface area contributed by atoms with E-state index in [1.54, 1.807) is 7.11 Å². The number of benzene rings is 2. The molecule has 0 aliphatic carbocycles. The first-order valence-electron chi connectivity index (χ1n) is 12.9. The summed E-state index contributed by atoms with van der Waals surface area (Å²) < 4.78 is 5.79. The van der Waals surface area contributed by atoms with E-state index < -0.39 is 11.5 Å². The Hall–Kier alpha value is -2.51. The van der Waals surface area contributed by atoms with E-state index in [4.69, 9.17) is 4.74 Å². The number of nitrogens with one attached hydrogen (secondary N) is 2. The number of carbonyl (C=O) groups excluding carboxylic acids is 1. The van der Waals surface area contributed by atoms with E-state index in [1.165, 1.54) is 36.3 Å². The minimum Gasteiger partial charge on any atom is -0.496 e. The lowest BCUT2D eigenvalue weighted by atomic mass is 9.87. The third-order valence-corrected chi connectivity index (χ3v) is 8.47. The van der Waals surface area contributed by atoms with Crippen molar-refractivity contribution in [3.63, 3.8) is 0 Å². The summed E-state index contributed by atoms with van der Waals surface area (Å²) in [7, 11) is 1.66. The van der Waals surface area contributed by atoms with E-state index in [0.29, 0.717) is 6.42 Å². The summed E-state index contributed by atoms with van der Waals surface area (Å²) in [5.74, 6) is 0.371. The van der Waals surface area contributed by atoms with Gasteiger partial charge in [0.05, 0.1) is 13.2 Å². The lowest BCUT2D eigenvalue weighted by molar-refractivity contribution is -0.146. The molecule has 0 spiro atoms. The molecule has 0 fully saturated rings. The van der Waals surface area contributed by atoms with Crippen molar-refractivity contribution in [2.45, 2.75) is 88.2 Å². The van der Waals surface area contributed by atoms with Crippen LogP contribution in [0.4, 0.5) is 0 Å². The van der Waals surface area contributed by atoms with Crippen molar-refractivity contribution >= 4 is 23.6 Å². The van der Waals surface area contributed by atoms with Gasteiger partial charge < -0.3 is 15.2 Å². The highest BCUT2D eigenvalue weighted by Gasteiger charge is 2.36. The summed E-state index contributed by atoms with van der Waals surface area (Å²) >= 11 is 1.88. The van der Waals surface area contributed by atoms with Crippen molar-refractivity contribution in [3.8, 4) is 5.75 Å². The molecule has 7 heteroatoms. The van der Waals surface area contributed by atoms with Gasteiger partial charge in [-0.15, -0.1) is 11.8 Å². The number of fused-ring (bicyclic) bond motifs is 1. The smallest absolute Gasteiger partial charge is 0.328 e. The van der Waals surface area contributed by atoms with Crippen LogP contribution in [-0.2, 0) is 16.0 Å². The first-order chi connectivity index (χ1) is 17.1. The third kappa shape index (κ3) is 6.62. The van der Waals surface area contributed by atoms with Crippen LogP contribution in [0.25, 0.3) is 0 Å². The van der Waals surface area contributed by atoms with E-state index in [9.17, 15) is 14.7 Å². The molecule has 0 saturated carbocycles. The van der Waals surface area contributed by atoms with Gasteiger partial charge in [0, 0.05) is 22.6 Å². The van der Waals surface area contributed by atoms with Crippen molar-refractivity contribution in [2.24, 2.45) is 0 Å². The van der Waals surface area contributed by atoms with Gasteiger partial charge in [-0.1, -0.05) is 57.0 Å². The molecule has 0 bridgehead atoms. The topological polar surface area (TPSA) is 87.7 Å². The van der Waals surface area contributed by atoms with E-state index in [2.05, 4.69) is 60.9 Å². The number of rotatable bonds is 11. The van der Waals surface area contributed by atoms with Crippen molar-refractivity contribution in [1.29, 1.82) is 0 Å². The number of aryl methyl sites for hydroxylation is 1. The standard InChI is InChI=1S/C29H40N2O4S/c1-6-8-16-29(7-2)19-36-24-17-21(14-15-25(32)30-28(3,4)27(33)34)23(35-5)18-22(24)26(31-29)20-12-10-9-11-13-20/h9-13,17-18,26,31H,6-8,14-16,19H2,1-5H3,(H,30,32)(H,33,34)/t26-,29-/m1/s1. The summed E-state index contributed by atoms with van der Waals surface area (Å²) in [5, 5.41) is 16.0. The maximum atomic E-state index is 12.5. The molecule has 1 aliphatic rings. The monoisotopic (exact) mass is 512 g/mol. The van der Waals surface area contributed by atoms with Crippen LogP contribution in [0.3, 0.4) is 0 Å². The minimum atomic E-state index is -1.30. The van der Waals surface area contributed by atoms with Crippen molar-refractivity contribution in [3.05, 3.63) is 59.2 Å². The van der Waals surface area contributed by atoms with Crippen molar-refractivity contribution < 1.29 is 19.4 Å².